The summed E-state index contributed by atoms with van der Waals surface area (Å²) < 4.78 is 0.619. The SMILES string of the molecule is CC(Nc1ccc([N+](=O)[O-])cc1Br)c1ccc(Cl)cc1Cl. The van der Waals surface area contributed by atoms with E-state index in [1.807, 2.05) is 13.0 Å². The summed E-state index contributed by atoms with van der Waals surface area (Å²) in [6, 6.07) is 9.78. The molecule has 2 aromatic carbocycles. The maximum absolute atomic E-state index is 10.7. The van der Waals surface area contributed by atoms with Crippen LogP contribution in [0.2, 0.25) is 10.0 Å². The smallest absolute Gasteiger partial charge is 0.270 e. The van der Waals surface area contributed by atoms with Gasteiger partial charge in [0.25, 0.3) is 5.69 Å². The first-order chi connectivity index (χ1) is 9.88. The monoisotopic (exact) mass is 388 g/mol. The molecule has 0 bridgehead atoms. The van der Waals surface area contributed by atoms with E-state index in [0.717, 1.165) is 11.3 Å². The van der Waals surface area contributed by atoms with Crippen LogP contribution in [0.4, 0.5) is 11.4 Å². The van der Waals surface area contributed by atoms with Gasteiger partial charge in [-0.1, -0.05) is 29.3 Å². The van der Waals surface area contributed by atoms with E-state index in [9.17, 15) is 10.1 Å². The summed E-state index contributed by atoms with van der Waals surface area (Å²) in [6.45, 7) is 1.95. The molecule has 0 aliphatic rings. The Labute approximate surface area is 140 Å². The van der Waals surface area contributed by atoms with Gasteiger partial charge >= 0.3 is 0 Å². The van der Waals surface area contributed by atoms with Crippen LogP contribution >= 0.6 is 39.1 Å². The standard InChI is InChI=1S/C14H11BrCl2N2O2/c1-8(11-4-2-9(16)6-13(11)17)18-14-5-3-10(19(20)21)7-12(14)15/h2-8,18H,1H3. The number of non-ortho nitro benzene ring substituents is 1. The van der Waals surface area contributed by atoms with E-state index >= 15 is 0 Å². The van der Waals surface area contributed by atoms with Gasteiger partial charge in [0.05, 0.1) is 11.0 Å². The van der Waals surface area contributed by atoms with Crippen LogP contribution in [0.25, 0.3) is 0 Å². The first kappa shape index (κ1) is 16.1. The van der Waals surface area contributed by atoms with Crippen LogP contribution in [-0.4, -0.2) is 4.92 Å². The zero-order valence-corrected chi connectivity index (χ0v) is 14.0. The minimum absolute atomic E-state index is 0.0320. The summed E-state index contributed by atoms with van der Waals surface area (Å²) in [7, 11) is 0. The molecule has 21 heavy (non-hydrogen) atoms. The number of benzene rings is 2. The molecule has 1 N–H and O–H groups in total. The predicted octanol–water partition coefficient (Wildman–Crippen LogP) is 5.84. The van der Waals surface area contributed by atoms with Gasteiger partial charge in [-0.2, -0.15) is 0 Å². The summed E-state index contributed by atoms with van der Waals surface area (Å²) >= 11 is 15.4. The molecule has 0 fully saturated rings. The molecule has 0 aliphatic carbocycles. The third-order valence-electron chi connectivity index (χ3n) is 2.96. The Kier molecular flexibility index (Phi) is 5.08. The van der Waals surface area contributed by atoms with Gasteiger partial charge in [-0.15, -0.1) is 0 Å². The molecule has 0 aromatic heterocycles. The molecular weight excluding hydrogens is 379 g/mol. The number of anilines is 1. The van der Waals surface area contributed by atoms with E-state index in [-0.39, 0.29) is 11.7 Å². The fourth-order valence-electron chi connectivity index (χ4n) is 1.90. The summed E-state index contributed by atoms with van der Waals surface area (Å²) in [4.78, 5) is 10.3. The molecule has 0 aliphatic heterocycles. The molecule has 2 rings (SSSR count). The van der Waals surface area contributed by atoms with Gasteiger partial charge < -0.3 is 5.32 Å². The van der Waals surface area contributed by atoms with E-state index in [1.165, 1.54) is 12.1 Å². The second-order valence-electron chi connectivity index (χ2n) is 4.45. The van der Waals surface area contributed by atoms with Gasteiger partial charge in [-0.3, -0.25) is 10.1 Å². The molecule has 0 saturated carbocycles. The van der Waals surface area contributed by atoms with Crippen molar-refractivity contribution in [2.45, 2.75) is 13.0 Å². The highest BCUT2D eigenvalue weighted by atomic mass is 79.9. The number of hydrogen-bond donors (Lipinski definition) is 1. The molecule has 0 saturated heterocycles. The van der Waals surface area contributed by atoms with Crippen molar-refractivity contribution in [2.24, 2.45) is 0 Å². The summed E-state index contributed by atoms with van der Waals surface area (Å²) in [5.74, 6) is 0. The Hall–Kier alpha value is -1.30. The molecular formula is C14H11BrCl2N2O2. The van der Waals surface area contributed by atoms with E-state index in [2.05, 4.69) is 21.2 Å². The van der Waals surface area contributed by atoms with Gasteiger partial charge in [-0.05, 0) is 46.6 Å². The van der Waals surface area contributed by atoms with Crippen molar-refractivity contribution in [2.75, 3.05) is 5.32 Å². The molecule has 0 amide bonds. The Morgan fingerprint density at radius 2 is 1.95 bits per heavy atom. The number of halogens is 3. The number of nitrogens with one attached hydrogen (secondary N) is 1. The first-order valence-corrected chi connectivity index (χ1v) is 7.59. The molecule has 1 atom stereocenters. The van der Waals surface area contributed by atoms with Gasteiger partial charge in [0, 0.05) is 32.3 Å². The lowest BCUT2D eigenvalue weighted by atomic mass is 10.1. The number of hydrogen-bond acceptors (Lipinski definition) is 3. The topological polar surface area (TPSA) is 55.2 Å². The van der Waals surface area contributed by atoms with Crippen molar-refractivity contribution in [1.29, 1.82) is 0 Å². The van der Waals surface area contributed by atoms with Crippen molar-refractivity contribution in [1.82, 2.24) is 0 Å². The number of nitro benzene ring substituents is 1. The number of nitrogens with zero attached hydrogens (tertiary/aromatic N) is 1. The molecule has 4 nitrogen and oxygen atoms in total. The van der Waals surface area contributed by atoms with Crippen molar-refractivity contribution in [3.8, 4) is 0 Å². The molecule has 0 heterocycles. The largest absolute Gasteiger partial charge is 0.378 e. The third-order valence-corrected chi connectivity index (χ3v) is 4.18. The van der Waals surface area contributed by atoms with E-state index < -0.39 is 4.92 Å². The van der Waals surface area contributed by atoms with Crippen molar-refractivity contribution < 1.29 is 4.92 Å². The highest BCUT2D eigenvalue weighted by Crippen LogP contribution is 2.32. The molecule has 2 aromatic rings. The quantitative estimate of drug-likeness (QED) is 0.528. The summed E-state index contributed by atoms with van der Waals surface area (Å²) in [6.07, 6.45) is 0. The normalized spacial score (nSPS) is 12.0. The maximum Gasteiger partial charge on any atom is 0.270 e. The summed E-state index contributed by atoms with van der Waals surface area (Å²) in [5, 5.41) is 15.1. The average molecular weight is 390 g/mol. The van der Waals surface area contributed by atoms with Crippen LogP contribution in [0.15, 0.2) is 40.9 Å². The second-order valence-corrected chi connectivity index (χ2v) is 6.15. The molecule has 0 spiro atoms. The van der Waals surface area contributed by atoms with Crippen molar-refractivity contribution >= 4 is 50.5 Å². The second kappa shape index (κ2) is 6.64. The summed E-state index contributed by atoms with van der Waals surface area (Å²) in [5.41, 5.74) is 1.68. The Morgan fingerprint density at radius 3 is 2.52 bits per heavy atom. The zero-order chi connectivity index (χ0) is 15.6. The van der Waals surface area contributed by atoms with E-state index in [1.54, 1.807) is 18.2 Å². The van der Waals surface area contributed by atoms with E-state index in [0.29, 0.717) is 14.5 Å². The molecule has 1 unspecified atom stereocenters. The Morgan fingerprint density at radius 1 is 1.24 bits per heavy atom. The number of nitro groups is 1. The van der Waals surface area contributed by atoms with Gasteiger partial charge in [-0.25, -0.2) is 0 Å². The van der Waals surface area contributed by atoms with Crippen LogP contribution in [0, 0.1) is 10.1 Å². The molecule has 7 heteroatoms. The Bertz CT molecular complexity index is 695. The lowest BCUT2D eigenvalue weighted by Crippen LogP contribution is -2.07. The minimum Gasteiger partial charge on any atom is -0.378 e. The fraction of sp³-hybridized carbons (Fsp3) is 0.143. The Balaban J connectivity index is 2.23. The molecule has 110 valence electrons. The average Bonchev–Trinajstić information content (AvgIpc) is 2.40. The highest BCUT2D eigenvalue weighted by Gasteiger charge is 2.13. The van der Waals surface area contributed by atoms with Crippen molar-refractivity contribution in [3.05, 3.63) is 66.6 Å². The van der Waals surface area contributed by atoms with Gasteiger partial charge in [0.1, 0.15) is 0 Å². The van der Waals surface area contributed by atoms with Crippen LogP contribution in [0.5, 0.6) is 0 Å². The maximum atomic E-state index is 10.7. The minimum atomic E-state index is -0.436. The highest BCUT2D eigenvalue weighted by molar-refractivity contribution is 9.10. The first-order valence-electron chi connectivity index (χ1n) is 6.04. The van der Waals surface area contributed by atoms with Crippen LogP contribution in [0.3, 0.4) is 0 Å². The molecule has 0 radical (unpaired) electrons. The lowest BCUT2D eigenvalue weighted by Gasteiger charge is -2.18. The zero-order valence-electron chi connectivity index (χ0n) is 10.9. The fourth-order valence-corrected chi connectivity index (χ4v) is 2.95. The van der Waals surface area contributed by atoms with Gasteiger partial charge in [0.15, 0.2) is 0 Å². The number of rotatable bonds is 4. The van der Waals surface area contributed by atoms with Crippen LogP contribution in [-0.2, 0) is 0 Å². The van der Waals surface area contributed by atoms with Crippen molar-refractivity contribution in [3.63, 3.8) is 0 Å². The predicted molar refractivity (Wildman–Crippen MR) is 89.3 cm³/mol. The lowest BCUT2D eigenvalue weighted by molar-refractivity contribution is -0.384. The van der Waals surface area contributed by atoms with Gasteiger partial charge in [0.2, 0.25) is 0 Å². The van der Waals surface area contributed by atoms with E-state index in [4.69, 9.17) is 23.2 Å². The van der Waals surface area contributed by atoms with Crippen LogP contribution in [0.1, 0.15) is 18.5 Å². The third kappa shape index (κ3) is 3.87. The van der Waals surface area contributed by atoms with Crippen LogP contribution < -0.4 is 5.32 Å².